The number of benzene rings is 1. The molecule has 0 amide bonds. The Morgan fingerprint density at radius 3 is 2.31 bits per heavy atom. The molecule has 1 unspecified atom stereocenters. The molecule has 0 aliphatic rings. The van der Waals surface area contributed by atoms with Gasteiger partial charge >= 0.3 is 7.60 Å². The Bertz CT molecular complexity index is 305. The number of hydrogen-bond acceptors (Lipinski definition) is 2. The first-order chi connectivity index (χ1) is 6.00. The topological polar surface area (TPSA) is 66.8 Å². The minimum absolute atomic E-state index is 0.457. The van der Waals surface area contributed by atoms with Gasteiger partial charge in [0, 0.05) is 0 Å². The summed E-state index contributed by atoms with van der Waals surface area (Å²) in [4.78, 5) is 17.5. The second-order valence-electron chi connectivity index (χ2n) is 2.62. The van der Waals surface area contributed by atoms with Crippen LogP contribution in [0.1, 0.15) is 6.92 Å². The van der Waals surface area contributed by atoms with Crippen LogP contribution in [-0.2, 0) is 4.57 Å². The number of hydrogen-bond donors (Lipinski definition) is 2. The Labute approximate surface area is 76.3 Å². The first-order valence-electron chi connectivity index (χ1n) is 3.77. The van der Waals surface area contributed by atoms with Crippen LogP contribution in [0.4, 0.5) is 0 Å². The fourth-order valence-corrected chi connectivity index (χ4v) is 1.02. The summed E-state index contributed by atoms with van der Waals surface area (Å²) in [5, 5.41) is 0. The van der Waals surface area contributed by atoms with E-state index < -0.39 is 13.4 Å². The molecular formula is C8H11O4P. The van der Waals surface area contributed by atoms with Crippen molar-refractivity contribution < 1.29 is 19.1 Å². The zero-order chi connectivity index (χ0) is 9.90. The SMILES string of the molecule is CC(Oc1ccccc1)P(=O)(O)O. The number of rotatable bonds is 3. The van der Waals surface area contributed by atoms with Crippen LogP contribution in [0.2, 0.25) is 0 Å². The molecule has 0 spiro atoms. The molecule has 2 N–H and O–H groups in total. The van der Waals surface area contributed by atoms with Crippen LogP contribution in [0.25, 0.3) is 0 Å². The third-order valence-corrected chi connectivity index (χ3v) is 2.58. The van der Waals surface area contributed by atoms with E-state index in [1.54, 1.807) is 30.3 Å². The number of ether oxygens (including phenoxy) is 1. The van der Waals surface area contributed by atoms with Crippen molar-refractivity contribution in [2.45, 2.75) is 12.8 Å². The summed E-state index contributed by atoms with van der Waals surface area (Å²) in [6.07, 6.45) is 0. The fourth-order valence-electron chi connectivity index (χ4n) is 0.765. The van der Waals surface area contributed by atoms with Crippen LogP contribution in [0.5, 0.6) is 5.75 Å². The minimum Gasteiger partial charge on any atom is -0.478 e. The van der Waals surface area contributed by atoms with Gasteiger partial charge in [-0.3, -0.25) is 4.57 Å². The van der Waals surface area contributed by atoms with Gasteiger partial charge in [-0.15, -0.1) is 0 Å². The normalized spacial score (nSPS) is 13.8. The van der Waals surface area contributed by atoms with E-state index in [0.717, 1.165) is 0 Å². The standard InChI is InChI=1S/C8H11O4P/c1-7(13(9,10)11)12-8-5-3-2-4-6-8/h2-7H,1H3,(H2,9,10,11). The fraction of sp³-hybridized carbons (Fsp3) is 0.250. The molecule has 0 radical (unpaired) electrons. The summed E-state index contributed by atoms with van der Waals surface area (Å²) < 4.78 is 15.7. The minimum atomic E-state index is -4.14. The molecule has 0 bridgehead atoms. The van der Waals surface area contributed by atoms with Crippen LogP contribution >= 0.6 is 7.60 Å². The molecule has 0 fully saturated rings. The van der Waals surface area contributed by atoms with Gasteiger partial charge in [0.05, 0.1) is 0 Å². The van der Waals surface area contributed by atoms with Gasteiger partial charge in [0.25, 0.3) is 0 Å². The van der Waals surface area contributed by atoms with E-state index in [9.17, 15) is 4.57 Å². The molecule has 0 heterocycles. The van der Waals surface area contributed by atoms with Gasteiger partial charge in [0.2, 0.25) is 0 Å². The van der Waals surface area contributed by atoms with E-state index in [2.05, 4.69) is 0 Å². The van der Waals surface area contributed by atoms with Crippen molar-refractivity contribution in [1.82, 2.24) is 0 Å². The van der Waals surface area contributed by atoms with E-state index in [1.807, 2.05) is 0 Å². The summed E-state index contributed by atoms with van der Waals surface area (Å²) in [6.45, 7) is 1.34. The molecule has 0 aromatic heterocycles. The van der Waals surface area contributed by atoms with Crippen LogP contribution in [0.3, 0.4) is 0 Å². The lowest BCUT2D eigenvalue weighted by atomic mass is 10.3. The number of para-hydroxylation sites is 1. The van der Waals surface area contributed by atoms with Crippen molar-refractivity contribution in [3.05, 3.63) is 30.3 Å². The summed E-state index contributed by atoms with van der Waals surface area (Å²) >= 11 is 0. The van der Waals surface area contributed by atoms with Crippen molar-refractivity contribution in [3.63, 3.8) is 0 Å². The molecular weight excluding hydrogens is 191 g/mol. The van der Waals surface area contributed by atoms with Crippen molar-refractivity contribution in [2.24, 2.45) is 0 Å². The van der Waals surface area contributed by atoms with Gasteiger partial charge in [-0.2, -0.15) is 0 Å². The Hall–Kier alpha value is -0.830. The van der Waals surface area contributed by atoms with Crippen molar-refractivity contribution in [1.29, 1.82) is 0 Å². The Kier molecular flexibility index (Phi) is 3.09. The van der Waals surface area contributed by atoms with Crippen molar-refractivity contribution >= 4 is 7.60 Å². The average molecular weight is 202 g/mol. The van der Waals surface area contributed by atoms with Gasteiger partial charge in [-0.05, 0) is 19.1 Å². The molecule has 1 aromatic carbocycles. The van der Waals surface area contributed by atoms with E-state index in [4.69, 9.17) is 14.5 Å². The lowest BCUT2D eigenvalue weighted by Crippen LogP contribution is -2.11. The monoisotopic (exact) mass is 202 g/mol. The Balaban J connectivity index is 2.66. The molecule has 4 nitrogen and oxygen atoms in total. The molecule has 13 heavy (non-hydrogen) atoms. The van der Waals surface area contributed by atoms with Gasteiger partial charge < -0.3 is 14.5 Å². The molecule has 1 rings (SSSR count). The average Bonchev–Trinajstić information content (AvgIpc) is 2.04. The van der Waals surface area contributed by atoms with Crippen molar-refractivity contribution in [2.75, 3.05) is 0 Å². The maximum atomic E-state index is 10.7. The second kappa shape index (κ2) is 3.92. The van der Waals surface area contributed by atoms with Crippen LogP contribution < -0.4 is 4.74 Å². The highest BCUT2D eigenvalue weighted by Gasteiger charge is 2.25. The van der Waals surface area contributed by atoms with E-state index >= 15 is 0 Å². The third-order valence-electron chi connectivity index (χ3n) is 1.52. The first-order valence-corrected chi connectivity index (χ1v) is 5.45. The quantitative estimate of drug-likeness (QED) is 0.730. The zero-order valence-electron chi connectivity index (χ0n) is 7.12. The zero-order valence-corrected chi connectivity index (χ0v) is 8.02. The van der Waals surface area contributed by atoms with Gasteiger partial charge in [-0.1, -0.05) is 18.2 Å². The van der Waals surface area contributed by atoms with Gasteiger partial charge in [-0.25, -0.2) is 0 Å². The van der Waals surface area contributed by atoms with Crippen LogP contribution in [0, 0.1) is 0 Å². The van der Waals surface area contributed by atoms with Gasteiger partial charge in [0.15, 0.2) is 5.85 Å². The Morgan fingerprint density at radius 1 is 1.31 bits per heavy atom. The van der Waals surface area contributed by atoms with Crippen LogP contribution in [-0.4, -0.2) is 15.6 Å². The highest BCUT2D eigenvalue weighted by Crippen LogP contribution is 2.41. The lowest BCUT2D eigenvalue weighted by molar-refractivity contribution is 0.237. The van der Waals surface area contributed by atoms with E-state index in [-0.39, 0.29) is 0 Å². The molecule has 0 aliphatic carbocycles. The first kappa shape index (κ1) is 10.3. The largest absolute Gasteiger partial charge is 0.478 e. The van der Waals surface area contributed by atoms with Crippen LogP contribution in [0.15, 0.2) is 30.3 Å². The van der Waals surface area contributed by atoms with Crippen molar-refractivity contribution in [3.8, 4) is 5.75 Å². The predicted molar refractivity (Wildman–Crippen MR) is 48.6 cm³/mol. The van der Waals surface area contributed by atoms with E-state index in [0.29, 0.717) is 5.75 Å². The molecule has 1 atom stereocenters. The second-order valence-corrected chi connectivity index (χ2v) is 4.52. The summed E-state index contributed by atoms with van der Waals surface area (Å²) in [5.74, 6) is -0.645. The maximum absolute atomic E-state index is 10.7. The van der Waals surface area contributed by atoms with Gasteiger partial charge in [0.1, 0.15) is 5.75 Å². The summed E-state index contributed by atoms with van der Waals surface area (Å²) in [5.41, 5.74) is 0. The Morgan fingerprint density at radius 2 is 1.85 bits per heavy atom. The molecule has 0 saturated carbocycles. The summed E-state index contributed by atoms with van der Waals surface area (Å²) in [6, 6.07) is 8.57. The molecule has 5 heteroatoms. The predicted octanol–water partition coefficient (Wildman–Crippen LogP) is 1.59. The molecule has 72 valence electrons. The van der Waals surface area contributed by atoms with E-state index in [1.165, 1.54) is 6.92 Å². The third kappa shape index (κ3) is 3.19. The summed E-state index contributed by atoms with van der Waals surface area (Å²) in [7, 11) is -4.14. The molecule has 0 saturated heterocycles. The lowest BCUT2D eigenvalue weighted by Gasteiger charge is -2.15. The highest BCUT2D eigenvalue weighted by molar-refractivity contribution is 7.52. The smallest absolute Gasteiger partial charge is 0.365 e. The molecule has 0 aliphatic heterocycles. The highest BCUT2D eigenvalue weighted by atomic mass is 31.2. The molecule has 1 aromatic rings. The maximum Gasteiger partial charge on any atom is 0.365 e.